The summed E-state index contributed by atoms with van der Waals surface area (Å²) in [5.74, 6) is 0.546. The SMILES string of the molecule is CC(Oc1ccc([C@H](C)N)cc1)C(=O)NC(C)(C)C. The van der Waals surface area contributed by atoms with Crippen molar-refractivity contribution in [3.63, 3.8) is 0 Å². The molecule has 1 rings (SSSR count). The first-order chi connectivity index (χ1) is 8.69. The van der Waals surface area contributed by atoms with Crippen LogP contribution < -0.4 is 15.8 Å². The van der Waals surface area contributed by atoms with E-state index in [1.165, 1.54) is 0 Å². The van der Waals surface area contributed by atoms with Crippen LogP contribution in [0.3, 0.4) is 0 Å². The van der Waals surface area contributed by atoms with E-state index in [0.717, 1.165) is 5.56 Å². The number of ether oxygens (including phenoxy) is 1. The van der Waals surface area contributed by atoms with Crippen LogP contribution in [0.1, 0.15) is 46.2 Å². The first kappa shape index (κ1) is 15.5. The van der Waals surface area contributed by atoms with Crippen molar-refractivity contribution in [2.45, 2.75) is 52.3 Å². The zero-order valence-corrected chi connectivity index (χ0v) is 12.4. The molecular weight excluding hydrogens is 240 g/mol. The van der Waals surface area contributed by atoms with Crippen molar-refractivity contribution in [3.8, 4) is 5.75 Å². The molecule has 0 bridgehead atoms. The molecule has 2 atom stereocenters. The quantitative estimate of drug-likeness (QED) is 0.877. The van der Waals surface area contributed by atoms with Crippen molar-refractivity contribution in [2.75, 3.05) is 0 Å². The van der Waals surface area contributed by atoms with Crippen LogP contribution in [0, 0.1) is 0 Å². The highest BCUT2D eigenvalue weighted by atomic mass is 16.5. The molecule has 0 saturated heterocycles. The highest BCUT2D eigenvalue weighted by Crippen LogP contribution is 2.17. The van der Waals surface area contributed by atoms with Crippen LogP contribution in [0.25, 0.3) is 0 Å². The molecule has 3 N–H and O–H groups in total. The molecule has 0 radical (unpaired) electrons. The largest absolute Gasteiger partial charge is 0.481 e. The summed E-state index contributed by atoms with van der Waals surface area (Å²) in [6.07, 6.45) is -0.527. The molecule has 106 valence electrons. The van der Waals surface area contributed by atoms with E-state index in [0.29, 0.717) is 5.75 Å². The number of rotatable bonds is 4. The van der Waals surface area contributed by atoms with E-state index in [9.17, 15) is 4.79 Å². The molecule has 19 heavy (non-hydrogen) atoms. The maximum atomic E-state index is 11.9. The number of nitrogens with two attached hydrogens (primary N) is 1. The first-order valence-corrected chi connectivity index (χ1v) is 6.53. The van der Waals surface area contributed by atoms with Gasteiger partial charge in [-0.2, -0.15) is 0 Å². The lowest BCUT2D eigenvalue weighted by Gasteiger charge is -2.23. The minimum atomic E-state index is -0.527. The van der Waals surface area contributed by atoms with Crippen LogP contribution >= 0.6 is 0 Å². The first-order valence-electron chi connectivity index (χ1n) is 6.53. The fourth-order valence-electron chi connectivity index (χ4n) is 1.58. The lowest BCUT2D eigenvalue weighted by molar-refractivity contribution is -0.128. The third-order valence-corrected chi connectivity index (χ3v) is 2.59. The molecule has 4 heteroatoms. The Labute approximate surface area is 115 Å². The number of benzene rings is 1. The molecule has 0 fully saturated rings. The van der Waals surface area contributed by atoms with E-state index < -0.39 is 6.10 Å². The zero-order chi connectivity index (χ0) is 14.6. The minimum absolute atomic E-state index is 0.00402. The van der Waals surface area contributed by atoms with Crippen LogP contribution in [-0.2, 0) is 4.79 Å². The minimum Gasteiger partial charge on any atom is -0.481 e. The topological polar surface area (TPSA) is 64.3 Å². The summed E-state index contributed by atoms with van der Waals surface area (Å²) in [5.41, 5.74) is 6.56. The third kappa shape index (κ3) is 5.30. The van der Waals surface area contributed by atoms with Gasteiger partial charge in [-0.15, -0.1) is 0 Å². The van der Waals surface area contributed by atoms with Gasteiger partial charge in [-0.1, -0.05) is 12.1 Å². The van der Waals surface area contributed by atoms with Crippen LogP contribution in [0.2, 0.25) is 0 Å². The number of carbonyl (C=O) groups excluding carboxylic acids is 1. The van der Waals surface area contributed by atoms with E-state index in [1.54, 1.807) is 6.92 Å². The summed E-state index contributed by atoms with van der Waals surface area (Å²) in [7, 11) is 0. The molecule has 4 nitrogen and oxygen atoms in total. The summed E-state index contributed by atoms with van der Waals surface area (Å²) in [6, 6.07) is 7.48. The van der Waals surface area contributed by atoms with E-state index in [2.05, 4.69) is 5.32 Å². The van der Waals surface area contributed by atoms with Gasteiger partial charge in [-0.25, -0.2) is 0 Å². The Kier molecular flexibility index (Phi) is 4.95. The molecule has 0 spiro atoms. The van der Waals surface area contributed by atoms with Gasteiger partial charge < -0.3 is 15.8 Å². The van der Waals surface area contributed by atoms with Crippen LogP contribution in [-0.4, -0.2) is 17.6 Å². The van der Waals surface area contributed by atoms with Crippen molar-refractivity contribution >= 4 is 5.91 Å². The predicted molar refractivity (Wildman–Crippen MR) is 77.0 cm³/mol. The monoisotopic (exact) mass is 264 g/mol. The Morgan fingerprint density at radius 3 is 2.16 bits per heavy atom. The summed E-state index contributed by atoms with van der Waals surface area (Å²) >= 11 is 0. The average Bonchev–Trinajstić information content (AvgIpc) is 2.27. The van der Waals surface area contributed by atoms with Crippen LogP contribution in [0.4, 0.5) is 0 Å². The number of amides is 1. The fourth-order valence-corrected chi connectivity index (χ4v) is 1.58. The number of hydrogen-bond acceptors (Lipinski definition) is 3. The molecule has 1 aromatic carbocycles. The van der Waals surface area contributed by atoms with Crippen molar-refractivity contribution in [1.29, 1.82) is 0 Å². The predicted octanol–water partition coefficient (Wildman–Crippen LogP) is 2.39. The Morgan fingerprint density at radius 1 is 1.21 bits per heavy atom. The number of carbonyl (C=O) groups is 1. The molecule has 1 amide bonds. The van der Waals surface area contributed by atoms with E-state index in [-0.39, 0.29) is 17.5 Å². The summed E-state index contributed by atoms with van der Waals surface area (Å²) in [4.78, 5) is 11.9. The molecule has 0 heterocycles. The fraction of sp³-hybridized carbons (Fsp3) is 0.533. The Morgan fingerprint density at radius 2 is 1.74 bits per heavy atom. The van der Waals surface area contributed by atoms with E-state index in [4.69, 9.17) is 10.5 Å². The summed E-state index contributed by atoms with van der Waals surface area (Å²) in [6.45, 7) is 9.48. The van der Waals surface area contributed by atoms with Gasteiger partial charge in [0, 0.05) is 11.6 Å². The maximum absolute atomic E-state index is 11.9. The molecule has 0 aliphatic rings. The summed E-state index contributed by atoms with van der Waals surface area (Å²) in [5, 5.41) is 2.88. The van der Waals surface area contributed by atoms with Gasteiger partial charge in [0.1, 0.15) is 5.75 Å². The second kappa shape index (κ2) is 6.06. The van der Waals surface area contributed by atoms with Gasteiger partial charge >= 0.3 is 0 Å². The van der Waals surface area contributed by atoms with Crippen molar-refractivity contribution in [3.05, 3.63) is 29.8 Å². The molecule has 0 saturated carbocycles. The van der Waals surface area contributed by atoms with Gasteiger partial charge in [0.25, 0.3) is 5.91 Å². The zero-order valence-electron chi connectivity index (χ0n) is 12.4. The van der Waals surface area contributed by atoms with Crippen molar-refractivity contribution in [2.24, 2.45) is 5.73 Å². The Bertz CT molecular complexity index is 419. The van der Waals surface area contributed by atoms with Gasteiger partial charge in [-0.3, -0.25) is 4.79 Å². The van der Waals surface area contributed by atoms with Gasteiger partial charge in [0.2, 0.25) is 0 Å². The second-order valence-corrected chi connectivity index (χ2v) is 5.86. The molecule has 1 unspecified atom stereocenters. The standard InChI is InChI=1S/C15H24N2O2/c1-10(16)12-6-8-13(9-7-12)19-11(2)14(18)17-15(3,4)5/h6-11H,16H2,1-5H3,(H,17,18)/t10-,11?/m0/s1. The third-order valence-electron chi connectivity index (χ3n) is 2.59. The molecule has 0 aromatic heterocycles. The smallest absolute Gasteiger partial charge is 0.261 e. The highest BCUT2D eigenvalue weighted by molar-refractivity contribution is 5.81. The van der Waals surface area contributed by atoms with Crippen LogP contribution in [0.5, 0.6) is 5.75 Å². The number of hydrogen-bond donors (Lipinski definition) is 2. The normalized spacial score (nSPS) is 14.6. The van der Waals surface area contributed by atoms with Gasteiger partial charge in [0.15, 0.2) is 6.10 Å². The van der Waals surface area contributed by atoms with Gasteiger partial charge in [0.05, 0.1) is 0 Å². The van der Waals surface area contributed by atoms with Crippen molar-refractivity contribution in [1.82, 2.24) is 5.32 Å². The summed E-state index contributed by atoms with van der Waals surface area (Å²) < 4.78 is 5.60. The Hall–Kier alpha value is -1.55. The maximum Gasteiger partial charge on any atom is 0.261 e. The highest BCUT2D eigenvalue weighted by Gasteiger charge is 2.20. The molecule has 0 aliphatic heterocycles. The molecular formula is C15H24N2O2. The lowest BCUT2D eigenvalue weighted by atomic mass is 10.1. The van der Waals surface area contributed by atoms with Crippen LogP contribution in [0.15, 0.2) is 24.3 Å². The Balaban J connectivity index is 2.61. The van der Waals surface area contributed by atoms with E-state index in [1.807, 2.05) is 52.0 Å². The second-order valence-electron chi connectivity index (χ2n) is 5.86. The molecule has 0 aliphatic carbocycles. The lowest BCUT2D eigenvalue weighted by Crippen LogP contribution is -2.46. The molecule has 1 aromatic rings. The average molecular weight is 264 g/mol. The van der Waals surface area contributed by atoms with Gasteiger partial charge in [-0.05, 0) is 52.3 Å². The van der Waals surface area contributed by atoms with Crippen molar-refractivity contribution < 1.29 is 9.53 Å². The number of nitrogens with one attached hydrogen (secondary N) is 1. The van der Waals surface area contributed by atoms with E-state index >= 15 is 0 Å².